The van der Waals surface area contributed by atoms with Crippen molar-refractivity contribution in [3.8, 4) is 11.5 Å². The van der Waals surface area contributed by atoms with Gasteiger partial charge in [0.2, 0.25) is 0 Å². The fourth-order valence-corrected chi connectivity index (χ4v) is 3.06. The molecule has 1 aliphatic rings. The third-order valence-corrected chi connectivity index (χ3v) is 4.65. The summed E-state index contributed by atoms with van der Waals surface area (Å²) in [6.07, 6.45) is 1.90. The van der Waals surface area contributed by atoms with Crippen molar-refractivity contribution in [3.05, 3.63) is 22.2 Å². The van der Waals surface area contributed by atoms with Gasteiger partial charge < -0.3 is 19.6 Å². The minimum absolute atomic E-state index is 0.264. The van der Waals surface area contributed by atoms with Gasteiger partial charge in [0.1, 0.15) is 0 Å². The lowest BCUT2D eigenvalue weighted by atomic mass is 10.1. The number of likely N-dealkylation sites (N-methyl/N-ethyl adjacent to an activating group) is 1. The number of hydrogen-bond acceptors (Lipinski definition) is 4. The van der Waals surface area contributed by atoms with Crippen LogP contribution >= 0.6 is 15.9 Å². The molecular weight excluding hydrogens is 320 g/mol. The SMILES string of the molecule is COc1ccc(Br)c(CCCN2CCN(C)CC2)c1O. The van der Waals surface area contributed by atoms with Gasteiger partial charge in [0.05, 0.1) is 7.11 Å². The molecule has 4 nitrogen and oxygen atoms in total. The van der Waals surface area contributed by atoms with E-state index in [2.05, 4.69) is 32.8 Å². The van der Waals surface area contributed by atoms with Gasteiger partial charge in [-0.25, -0.2) is 0 Å². The van der Waals surface area contributed by atoms with Crippen LogP contribution in [0.2, 0.25) is 0 Å². The predicted octanol–water partition coefficient (Wildman–Crippen LogP) is 2.34. The zero-order chi connectivity index (χ0) is 14.5. The standard InChI is InChI=1S/C15H23BrN2O2/c1-17-8-10-18(11-9-17)7-3-4-12-13(16)5-6-14(20-2)15(12)19/h5-6,19H,3-4,7-11H2,1-2H3. The van der Waals surface area contributed by atoms with E-state index in [9.17, 15) is 5.11 Å². The van der Waals surface area contributed by atoms with Crippen molar-refractivity contribution in [1.29, 1.82) is 0 Å². The van der Waals surface area contributed by atoms with E-state index in [-0.39, 0.29) is 5.75 Å². The zero-order valence-corrected chi connectivity index (χ0v) is 13.8. The van der Waals surface area contributed by atoms with E-state index in [0.29, 0.717) is 5.75 Å². The minimum atomic E-state index is 0.264. The fourth-order valence-electron chi connectivity index (χ4n) is 2.54. The number of rotatable bonds is 5. The molecule has 0 unspecified atom stereocenters. The highest BCUT2D eigenvalue weighted by molar-refractivity contribution is 9.10. The molecule has 1 fully saturated rings. The second-order valence-corrected chi connectivity index (χ2v) is 6.18. The molecule has 0 spiro atoms. The van der Waals surface area contributed by atoms with Crippen LogP contribution in [0.25, 0.3) is 0 Å². The second kappa shape index (κ2) is 7.29. The maximum absolute atomic E-state index is 10.2. The van der Waals surface area contributed by atoms with Crippen molar-refractivity contribution in [2.75, 3.05) is 46.9 Å². The van der Waals surface area contributed by atoms with Gasteiger partial charge in [-0.2, -0.15) is 0 Å². The Labute approximate surface area is 129 Å². The second-order valence-electron chi connectivity index (χ2n) is 5.33. The minimum Gasteiger partial charge on any atom is -0.504 e. The first-order valence-corrected chi connectivity index (χ1v) is 7.86. The van der Waals surface area contributed by atoms with E-state index >= 15 is 0 Å². The molecule has 1 saturated heterocycles. The molecule has 5 heteroatoms. The highest BCUT2D eigenvalue weighted by Gasteiger charge is 2.15. The third-order valence-electron chi connectivity index (χ3n) is 3.91. The number of benzene rings is 1. The summed E-state index contributed by atoms with van der Waals surface area (Å²) in [5, 5.41) is 10.2. The Morgan fingerprint density at radius 1 is 1.25 bits per heavy atom. The first-order chi connectivity index (χ1) is 9.61. The van der Waals surface area contributed by atoms with E-state index in [4.69, 9.17) is 4.74 Å². The van der Waals surface area contributed by atoms with Gasteiger partial charge >= 0.3 is 0 Å². The van der Waals surface area contributed by atoms with Crippen LogP contribution in [-0.2, 0) is 6.42 Å². The van der Waals surface area contributed by atoms with E-state index in [1.165, 1.54) is 0 Å². The van der Waals surface area contributed by atoms with Crippen molar-refractivity contribution < 1.29 is 9.84 Å². The molecule has 1 aromatic carbocycles. The Hall–Kier alpha value is -0.780. The summed E-state index contributed by atoms with van der Waals surface area (Å²) in [6.45, 7) is 5.66. The van der Waals surface area contributed by atoms with Crippen LogP contribution in [0.15, 0.2) is 16.6 Å². The average molecular weight is 343 g/mol. The highest BCUT2D eigenvalue weighted by Crippen LogP contribution is 2.35. The number of aromatic hydroxyl groups is 1. The quantitative estimate of drug-likeness (QED) is 0.890. The van der Waals surface area contributed by atoms with Gasteiger partial charge in [-0.1, -0.05) is 15.9 Å². The first kappa shape index (κ1) is 15.6. The predicted molar refractivity (Wildman–Crippen MR) is 84.6 cm³/mol. The maximum Gasteiger partial charge on any atom is 0.162 e. The zero-order valence-electron chi connectivity index (χ0n) is 12.2. The number of nitrogens with zero attached hydrogens (tertiary/aromatic N) is 2. The lowest BCUT2D eigenvalue weighted by Crippen LogP contribution is -2.44. The fraction of sp³-hybridized carbons (Fsp3) is 0.600. The largest absolute Gasteiger partial charge is 0.504 e. The number of phenols is 1. The topological polar surface area (TPSA) is 35.9 Å². The van der Waals surface area contributed by atoms with Crippen molar-refractivity contribution in [2.45, 2.75) is 12.8 Å². The smallest absolute Gasteiger partial charge is 0.162 e. The number of ether oxygens (including phenoxy) is 1. The molecule has 1 aromatic rings. The molecule has 112 valence electrons. The molecule has 0 radical (unpaired) electrons. The first-order valence-electron chi connectivity index (χ1n) is 7.07. The molecule has 0 aromatic heterocycles. The normalized spacial score (nSPS) is 17.4. The van der Waals surface area contributed by atoms with Gasteiger partial charge in [0, 0.05) is 36.2 Å². The molecular formula is C15H23BrN2O2. The molecule has 0 bridgehead atoms. The van der Waals surface area contributed by atoms with Crippen molar-refractivity contribution in [3.63, 3.8) is 0 Å². The van der Waals surface area contributed by atoms with E-state index in [0.717, 1.165) is 55.6 Å². The molecule has 20 heavy (non-hydrogen) atoms. The number of hydrogen-bond donors (Lipinski definition) is 1. The molecule has 0 saturated carbocycles. The Bertz CT molecular complexity index is 446. The molecule has 0 aliphatic carbocycles. The summed E-state index contributed by atoms with van der Waals surface area (Å²) in [4.78, 5) is 4.85. The number of halogens is 1. The van der Waals surface area contributed by atoms with E-state index < -0.39 is 0 Å². The number of methoxy groups -OCH3 is 1. The van der Waals surface area contributed by atoms with Crippen molar-refractivity contribution in [1.82, 2.24) is 9.80 Å². The van der Waals surface area contributed by atoms with Gasteiger partial charge in [0.15, 0.2) is 11.5 Å². The lowest BCUT2D eigenvalue weighted by molar-refractivity contribution is 0.153. The average Bonchev–Trinajstić information content (AvgIpc) is 2.44. The Morgan fingerprint density at radius 2 is 1.95 bits per heavy atom. The molecule has 1 N–H and O–H groups in total. The highest BCUT2D eigenvalue weighted by atomic mass is 79.9. The monoisotopic (exact) mass is 342 g/mol. The van der Waals surface area contributed by atoms with Crippen molar-refractivity contribution in [2.24, 2.45) is 0 Å². The van der Waals surface area contributed by atoms with Crippen LogP contribution in [0.1, 0.15) is 12.0 Å². The third kappa shape index (κ3) is 3.87. The summed E-state index contributed by atoms with van der Waals surface area (Å²) in [7, 11) is 3.75. The van der Waals surface area contributed by atoms with Crippen LogP contribution in [0.4, 0.5) is 0 Å². The summed E-state index contributed by atoms with van der Waals surface area (Å²) < 4.78 is 6.11. The van der Waals surface area contributed by atoms with Crippen LogP contribution in [0.5, 0.6) is 11.5 Å². The number of piperazine rings is 1. The van der Waals surface area contributed by atoms with Crippen LogP contribution in [0, 0.1) is 0 Å². The molecule has 1 aliphatic heterocycles. The lowest BCUT2D eigenvalue weighted by Gasteiger charge is -2.32. The maximum atomic E-state index is 10.2. The van der Waals surface area contributed by atoms with Gasteiger partial charge in [-0.05, 0) is 38.6 Å². The van der Waals surface area contributed by atoms with Gasteiger partial charge in [-0.3, -0.25) is 0 Å². The molecule has 2 rings (SSSR count). The van der Waals surface area contributed by atoms with Crippen LogP contribution in [0.3, 0.4) is 0 Å². The Morgan fingerprint density at radius 3 is 2.60 bits per heavy atom. The van der Waals surface area contributed by atoms with Crippen LogP contribution in [-0.4, -0.2) is 61.8 Å². The summed E-state index contributed by atoms with van der Waals surface area (Å²) in [6, 6.07) is 3.72. The summed E-state index contributed by atoms with van der Waals surface area (Å²) in [5.74, 6) is 0.808. The number of phenolic OH excluding ortho intramolecular Hbond substituents is 1. The Kier molecular flexibility index (Phi) is 5.69. The molecule has 1 heterocycles. The summed E-state index contributed by atoms with van der Waals surface area (Å²) in [5.41, 5.74) is 0.943. The van der Waals surface area contributed by atoms with Gasteiger partial charge in [0.25, 0.3) is 0 Å². The van der Waals surface area contributed by atoms with Crippen LogP contribution < -0.4 is 4.74 Å². The summed E-state index contributed by atoms with van der Waals surface area (Å²) >= 11 is 3.51. The van der Waals surface area contributed by atoms with Crippen molar-refractivity contribution >= 4 is 15.9 Å². The molecule has 0 atom stereocenters. The van der Waals surface area contributed by atoms with E-state index in [1.54, 1.807) is 13.2 Å². The van der Waals surface area contributed by atoms with E-state index in [1.807, 2.05) is 6.07 Å². The Balaban J connectivity index is 1.88. The molecule has 0 amide bonds. The van der Waals surface area contributed by atoms with Gasteiger partial charge in [-0.15, -0.1) is 0 Å².